The van der Waals surface area contributed by atoms with Gasteiger partial charge in [0.25, 0.3) is 0 Å². The van der Waals surface area contributed by atoms with Gasteiger partial charge in [-0.25, -0.2) is 0 Å². The minimum atomic E-state index is -0.854. The Labute approximate surface area is 155 Å². The van der Waals surface area contributed by atoms with Crippen molar-refractivity contribution < 1.29 is 33.6 Å². The van der Waals surface area contributed by atoms with Crippen LogP contribution in [0.5, 0.6) is 17.2 Å². The summed E-state index contributed by atoms with van der Waals surface area (Å²) < 4.78 is 21.0. The summed E-state index contributed by atoms with van der Waals surface area (Å²) in [4.78, 5) is 24.2. The fourth-order valence-electron chi connectivity index (χ4n) is 2.65. The molecule has 1 aromatic heterocycles. The Morgan fingerprint density at radius 2 is 1.78 bits per heavy atom. The number of rotatable bonds is 8. The van der Waals surface area contributed by atoms with Crippen LogP contribution in [0.15, 0.2) is 33.5 Å². The van der Waals surface area contributed by atoms with Crippen molar-refractivity contribution in [2.24, 2.45) is 0 Å². The summed E-state index contributed by atoms with van der Waals surface area (Å²) in [5.41, 5.74) is -0.211. The molecule has 0 unspecified atom stereocenters. The standard InChI is InChI=1S/C19H22O8/c1-4-26-17(22)9-15(11-5-12(24-2)7-13(6-11)25-3)19-18(23)16(21)8-14(10-20)27-19/h5-8,15,20,23H,4,9-10H2,1-3H3/t15-/m1/s1. The number of hydrogen-bond acceptors (Lipinski definition) is 8. The molecule has 1 heterocycles. The van der Waals surface area contributed by atoms with Crippen LogP contribution < -0.4 is 14.9 Å². The van der Waals surface area contributed by atoms with Crippen LogP contribution in [0, 0.1) is 0 Å². The summed E-state index contributed by atoms with van der Waals surface area (Å²) in [7, 11) is 2.95. The summed E-state index contributed by atoms with van der Waals surface area (Å²) in [5.74, 6) is -1.29. The smallest absolute Gasteiger partial charge is 0.306 e. The molecule has 2 N–H and O–H groups in total. The number of carbonyl (C=O) groups is 1. The van der Waals surface area contributed by atoms with Crippen molar-refractivity contribution in [3.05, 3.63) is 51.6 Å². The second kappa shape index (κ2) is 9.09. The summed E-state index contributed by atoms with van der Waals surface area (Å²) in [6.07, 6.45) is -0.199. The van der Waals surface area contributed by atoms with Gasteiger partial charge in [-0.1, -0.05) is 0 Å². The zero-order valence-corrected chi connectivity index (χ0v) is 15.4. The van der Waals surface area contributed by atoms with E-state index in [-0.39, 0.29) is 24.5 Å². The van der Waals surface area contributed by atoms with Crippen LogP contribution in [0.25, 0.3) is 0 Å². The van der Waals surface area contributed by atoms with Gasteiger partial charge in [-0.15, -0.1) is 0 Å². The highest BCUT2D eigenvalue weighted by atomic mass is 16.5. The highest BCUT2D eigenvalue weighted by molar-refractivity contribution is 5.71. The Balaban J connectivity index is 2.64. The first-order chi connectivity index (χ1) is 12.9. The van der Waals surface area contributed by atoms with E-state index in [1.807, 2.05) is 0 Å². The van der Waals surface area contributed by atoms with Crippen LogP contribution in [0.3, 0.4) is 0 Å². The third-order valence-corrected chi connectivity index (χ3v) is 3.92. The molecule has 0 aliphatic rings. The number of carbonyl (C=O) groups excluding carboxylic acids is 1. The van der Waals surface area contributed by atoms with Crippen LogP contribution in [0.1, 0.15) is 36.3 Å². The van der Waals surface area contributed by atoms with Gasteiger partial charge in [-0.05, 0) is 24.6 Å². The van der Waals surface area contributed by atoms with Crippen LogP contribution in [-0.4, -0.2) is 37.0 Å². The highest BCUT2D eigenvalue weighted by Crippen LogP contribution is 2.37. The average molecular weight is 378 g/mol. The zero-order valence-electron chi connectivity index (χ0n) is 15.4. The van der Waals surface area contributed by atoms with Gasteiger partial charge in [0.1, 0.15) is 23.9 Å². The van der Waals surface area contributed by atoms with Gasteiger partial charge in [-0.3, -0.25) is 9.59 Å². The number of ether oxygens (including phenoxy) is 3. The van der Waals surface area contributed by atoms with E-state index in [0.29, 0.717) is 17.1 Å². The molecule has 1 aromatic carbocycles. The maximum atomic E-state index is 12.1. The second-order valence-corrected chi connectivity index (χ2v) is 5.66. The second-order valence-electron chi connectivity index (χ2n) is 5.66. The fraction of sp³-hybridized carbons (Fsp3) is 0.368. The number of aliphatic hydroxyl groups excluding tert-OH is 1. The molecule has 2 aromatic rings. The lowest BCUT2D eigenvalue weighted by atomic mass is 9.91. The van der Waals surface area contributed by atoms with Crippen molar-refractivity contribution in [2.45, 2.75) is 25.9 Å². The molecule has 8 heteroatoms. The van der Waals surface area contributed by atoms with Crippen molar-refractivity contribution in [2.75, 3.05) is 20.8 Å². The van der Waals surface area contributed by atoms with Gasteiger partial charge in [0, 0.05) is 12.1 Å². The molecule has 0 saturated carbocycles. The van der Waals surface area contributed by atoms with Gasteiger partial charge >= 0.3 is 5.97 Å². The molecule has 0 bridgehead atoms. The first-order valence-corrected chi connectivity index (χ1v) is 8.28. The Bertz CT molecular complexity index is 833. The van der Waals surface area contributed by atoms with E-state index in [4.69, 9.17) is 18.6 Å². The summed E-state index contributed by atoms with van der Waals surface area (Å²) >= 11 is 0. The van der Waals surface area contributed by atoms with Crippen molar-refractivity contribution in [1.82, 2.24) is 0 Å². The van der Waals surface area contributed by atoms with Gasteiger partial charge < -0.3 is 28.8 Å². The summed E-state index contributed by atoms with van der Waals surface area (Å²) in [6, 6.07) is 5.91. The average Bonchev–Trinajstić information content (AvgIpc) is 2.68. The van der Waals surface area contributed by atoms with E-state index in [0.717, 1.165) is 6.07 Å². The molecular formula is C19H22O8. The maximum absolute atomic E-state index is 12.1. The van der Waals surface area contributed by atoms with Crippen LogP contribution in [0.2, 0.25) is 0 Å². The van der Waals surface area contributed by atoms with E-state index in [9.17, 15) is 19.8 Å². The molecule has 27 heavy (non-hydrogen) atoms. The number of benzene rings is 1. The molecule has 146 valence electrons. The molecule has 8 nitrogen and oxygen atoms in total. The van der Waals surface area contributed by atoms with Gasteiger partial charge in [0.15, 0.2) is 5.76 Å². The monoisotopic (exact) mass is 378 g/mol. The number of esters is 1. The number of aromatic hydroxyl groups is 1. The maximum Gasteiger partial charge on any atom is 0.306 e. The van der Waals surface area contributed by atoms with E-state index < -0.39 is 29.7 Å². The summed E-state index contributed by atoms with van der Waals surface area (Å²) in [6.45, 7) is 1.32. The van der Waals surface area contributed by atoms with Crippen molar-refractivity contribution in [3.63, 3.8) is 0 Å². The molecule has 0 saturated heterocycles. The predicted octanol–water partition coefficient (Wildman–Crippen LogP) is 1.94. The van der Waals surface area contributed by atoms with Gasteiger partial charge in [0.05, 0.1) is 33.2 Å². The SMILES string of the molecule is CCOC(=O)C[C@H](c1cc(OC)cc(OC)c1)c1oc(CO)cc(=O)c1O. The Hall–Kier alpha value is -3.00. The molecule has 1 atom stereocenters. The van der Waals surface area contributed by atoms with Gasteiger partial charge in [0.2, 0.25) is 11.2 Å². The van der Waals surface area contributed by atoms with E-state index in [1.54, 1.807) is 25.1 Å². The first kappa shape index (κ1) is 20.3. The Morgan fingerprint density at radius 1 is 1.15 bits per heavy atom. The molecule has 0 aliphatic carbocycles. The quantitative estimate of drug-likeness (QED) is 0.670. The number of hydrogen-bond donors (Lipinski definition) is 2. The fourth-order valence-corrected chi connectivity index (χ4v) is 2.65. The molecule has 0 spiro atoms. The Morgan fingerprint density at radius 3 is 2.30 bits per heavy atom. The lowest BCUT2D eigenvalue weighted by molar-refractivity contribution is -0.143. The van der Waals surface area contributed by atoms with Crippen molar-refractivity contribution in [1.29, 1.82) is 0 Å². The van der Waals surface area contributed by atoms with Crippen LogP contribution in [0.4, 0.5) is 0 Å². The molecule has 0 aliphatic heterocycles. The van der Waals surface area contributed by atoms with E-state index in [2.05, 4.69) is 0 Å². The minimum absolute atomic E-state index is 0.0310. The third kappa shape index (κ3) is 4.79. The van der Waals surface area contributed by atoms with Gasteiger partial charge in [-0.2, -0.15) is 0 Å². The largest absolute Gasteiger partial charge is 0.502 e. The van der Waals surface area contributed by atoms with Crippen molar-refractivity contribution in [3.8, 4) is 17.2 Å². The highest BCUT2D eigenvalue weighted by Gasteiger charge is 2.27. The van der Waals surface area contributed by atoms with Crippen molar-refractivity contribution >= 4 is 5.97 Å². The molecule has 2 rings (SSSR count). The zero-order chi connectivity index (χ0) is 20.0. The van der Waals surface area contributed by atoms with Crippen LogP contribution >= 0.6 is 0 Å². The first-order valence-electron chi connectivity index (χ1n) is 8.28. The topological polar surface area (TPSA) is 115 Å². The molecular weight excluding hydrogens is 356 g/mol. The van der Waals surface area contributed by atoms with Crippen LogP contribution in [-0.2, 0) is 16.1 Å². The summed E-state index contributed by atoms with van der Waals surface area (Å²) in [5, 5.41) is 19.6. The molecule has 0 amide bonds. The number of methoxy groups -OCH3 is 2. The lowest BCUT2D eigenvalue weighted by Crippen LogP contribution is -2.15. The minimum Gasteiger partial charge on any atom is -0.502 e. The third-order valence-electron chi connectivity index (χ3n) is 3.92. The number of aliphatic hydroxyl groups is 1. The van der Waals surface area contributed by atoms with E-state index in [1.165, 1.54) is 14.2 Å². The normalized spacial score (nSPS) is 11.7. The lowest BCUT2D eigenvalue weighted by Gasteiger charge is -2.19. The Kier molecular flexibility index (Phi) is 6.84. The van der Waals surface area contributed by atoms with E-state index >= 15 is 0 Å². The predicted molar refractivity (Wildman–Crippen MR) is 95.2 cm³/mol. The molecule has 0 fully saturated rings. The molecule has 0 radical (unpaired) electrons.